The Kier molecular flexibility index (Phi) is 6.56. The molecular formula is C22H17Cl2N5OS. The maximum Gasteiger partial charge on any atom is 0.234 e. The number of aromatic nitrogens is 4. The van der Waals surface area contributed by atoms with E-state index in [9.17, 15) is 4.79 Å². The SMILES string of the molecule is Cc1ccc(NC(=O)CSc2nnc(-c3ccncc3)n2-c2ccc(Cl)cc2)c(Cl)c1. The summed E-state index contributed by atoms with van der Waals surface area (Å²) in [5.41, 5.74) is 3.30. The predicted molar refractivity (Wildman–Crippen MR) is 125 cm³/mol. The van der Waals surface area contributed by atoms with Crippen LogP contribution in [0.4, 0.5) is 5.69 Å². The van der Waals surface area contributed by atoms with Gasteiger partial charge in [-0.2, -0.15) is 0 Å². The number of carbonyl (C=O) groups excluding carboxylic acids is 1. The summed E-state index contributed by atoms with van der Waals surface area (Å²) in [6.07, 6.45) is 3.39. The zero-order valence-corrected chi connectivity index (χ0v) is 18.7. The Balaban J connectivity index is 1.58. The molecule has 9 heteroatoms. The minimum atomic E-state index is -0.188. The molecule has 4 rings (SSSR count). The van der Waals surface area contributed by atoms with Crippen molar-refractivity contribution in [3.63, 3.8) is 0 Å². The highest BCUT2D eigenvalue weighted by molar-refractivity contribution is 7.99. The maximum atomic E-state index is 12.5. The lowest BCUT2D eigenvalue weighted by Crippen LogP contribution is -2.15. The Morgan fingerprint density at radius 2 is 1.77 bits per heavy atom. The number of nitrogens with zero attached hydrogens (tertiary/aromatic N) is 4. The third kappa shape index (κ3) is 5.07. The van der Waals surface area contributed by atoms with Crippen molar-refractivity contribution in [2.45, 2.75) is 12.1 Å². The molecule has 0 aliphatic carbocycles. The van der Waals surface area contributed by atoms with E-state index in [1.807, 2.05) is 47.9 Å². The third-order valence-electron chi connectivity index (χ3n) is 4.39. The number of anilines is 1. The van der Waals surface area contributed by atoms with Gasteiger partial charge in [-0.1, -0.05) is 41.0 Å². The minimum absolute atomic E-state index is 0.145. The Hall–Kier alpha value is -2.87. The molecule has 0 aliphatic rings. The number of halogens is 2. The van der Waals surface area contributed by atoms with E-state index < -0.39 is 0 Å². The molecule has 0 aliphatic heterocycles. The zero-order chi connectivity index (χ0) is 21.8. The number of thioether (sulfide) groups is 1. The van der Waals surface area contributed by atoms with Gasteiger partial charge in [0.05, 0.1) is 16.5 Å². The largest absolute Gasteiger partial charge is 0.324 e. The van der Waals surface area contributed by atoms with Gasteiger partial charge in [0, 0.05) is 28.7 Å². The number of nitrogens with one attached hydrogen (secondary N) is 1. The van der Waals surface area contributed by atoms with Gasteiger partial charge in [-0.15, -0.1) is 10.2 Å². The van der Waals surface area contributed by atoms with Crippen LogP contribution in [-0.4, -0.2) is 31.4 Å². The molecule has 0 fully saturated rings. The summed E-state index contributed by atoms with van der Waals surface area (Å²) >= 11 is 13.6. The lowest BCUT2D eigenvalue weighted by molar-refractivity contribution is -0.113. The number of pyridine rings is 1. The molecule has 0 atom stereocenters. The van der Waals surface area contributed by atoms with E-state index in [0.29, 0.717) is 26.7 Å². The van der Waals surface area contributed by atoms with Crippen LogP contribution in [0.3, 0.4) is 0 Å². The summed E-state index contributed by atoms with van der Waals surface area (Å²) in [4.78, 5) is 16.6. The van der Waals surface area contributed by atoms with Crippen molar-refractivity contribution in [3.05, 3.63) is 82.6 Å². The van der Waals surface area contributed by atoms with Crippen molar-refractivity contribution in [3.8, 4) is 17.1 Å². The summed E-state index contributed by atoms with van der Waals surface area (Å²) in [5.74, 6) is 0.604. The van der Waals surface area contributed by atoms with Gasteiger partial charge < -0.3 is 5.32 Å². The summed E-state index contributed by atoms with van der Waals surface area (Å²) in [7, 11) is 0. The van der Waals surface area contributed by atoms with Gasteiger partial charge in [-0.05, 0) is 61.0 Å². The van der Waals surface area contributed by atoms with Crippen LogP contribution in [-0.2, 0) is 4.79 Å². The van der Waals surface area contributed by atoms with Crippen LogP contribution in [0.1, 0.15) is 5.56 Å². The van der Waals surface area contributed by atoms with Crippen LogP contribution in [0, 0.1) is 6.92 Å². The highest BCUT2D eigenvalue weighted by atomic mass is 35.5. The second-order valence-corrected chi connectivity index (χ2v) is 8.46. The fourth-order valence-electron chi connectivity index (χ4n) is 2.91. The second-order valence-electron chi connectivity index (χ2n) is 6.67. The number of aryl methyl sites for hydroxylation is 1. The molecule has 1 N–H and O–H groups in total. The minimum Gasteiger partial charge on any atom is -0.324 e. The van der Waals surface area contributed by atoms with Gasteiger partial charge in [0.2, 0.25) is 5.91 Å². The molecule has 2 heterocycles. The monoisotopic (exact) mass is 469 g/mol. The standard InChI is InChI=1S/C22H17Cl2N5OS/c1-14-2-7-19(18(24)12-14)26-20(30)13-31-22-28-27-21(15-8-10-25-11-9-15)29(22)17-5-3-16(23)4-6-17/h2-12H,13H2,1H3,(H,26,30). The first-order valence-corrected chi connectivity index (χ1v) is 11.1. The molecule has 2 aromatic heterocycles. The normalized spacial score (nSPS) is 10.8. The van der Waals surface area contributed by atoms with Crippen molar-refractivity contribution in [2.24, 2.45) is 0 Å². The molecule has 2 aromatic carbocycles. The van der Waals surface area contributed by atoms with E-state index in [1.165, 1.54) is 11.8 Å². The molecule has 4 aromatic rings. The Labute approximate surface area is 193 Å². The third-order valence-corrected chi connectivity index (χ3v) is 5.88. The average molecular weight is 470 g/mol. The molecule has 0 radical (unpaired) electrons. The van der Waals surface area contributed by atoms with Crippen molar-refractivity contribution in [2.75, 3.05) is 11.1 Å². The Bertz CT molecular complexity index is 1210. The summed E-state index contributed by atoms with van der Waals surface area (Å²) in [6.45, 7) is 1.94. The van der Waals surface area contributed by atoms with Crippen molar-refractivity contribution >= 4 is 46.6 Å². The number of rotatable bonds is 6. The Morgan fingerprint density at radius 3 is 2.48 bits per heavy atom. The summed E-state index contributed by atoms with van der Waals surface area (Å²) in [5, 5.41) is 13.2. The van der Waals surface area contributed by atoms with Gasteiger partial charge in [-0.3, -0.25) is 14.3 Å². The lowest BCUT2D eigenvalue weighted by atomic mass is 10.2. The van der Waals surface area contributed by atoms with Crippen LogP contribution in [0.5, 0.6) is 0 Å². The average Bonchev–Trinajstić information content (AvgIpc) is 3.19. The van der Waals surface area contributed by atoms with E-state index in [-0.39, 0.29) is 11.7 Å². The van der Waals surface area contributed by atoms with Crippen molar-refractivity contribution < 1.29 is 4.79 Å². The first kappa shape index (κ1) is 21.4. The molecule has 0 unspecified atom stereocenters. The molecule has 6 nitrogen and oxygen atoms in total. The topological polar surface area (TPSA) is 72.7 Å². The fourth-order valence-corrected chi connectivity index (χ4v) is 4.07. The number of hydrogen-bond donors (Lipinski definition) is 1. The Morgan fingerprint density at radius 1 is 1.03 bits per heavy atom. The van der Waals surface area contributed by atoms with Gasteiger partial charge in [0.15, 0.2) is 11.0 Å². The predicted octanol–water partition coefficient (Wildman–Crippen LogP) is 5.68. The molecule has 0 saturated carbocycles. The van der Waals surface area contributed by atoms with E-state index in [2.05, 4.69) is 20.5 Å². The molecule has 0 spiro atoms. The van der Waals surface area contributed by atoms with E-state index in [0.717, 1.165) is 16.8 Å². The molecule has 0 bridgehead atoms. The van der Waals surface area contributed by atoms with Crippen LogP contribution in [0.2, 0.25) is 10.0 Å². The van der Waals surface area contributed by atoms with Crippen LogP contribution in [0.25, 0.3) is 17.1 Å². The molecule has 1 amide bonds. The van der Waals surface area contributed by atoms with Crippen LogP contribution >= 0.6 is 35.0 Å². The quantitative estimate of drug-likeness (QED) is 0.368. The van der Waals surface area contributed by atoms with Crippen molar-refractivity contribution in [1.29, 1.82) is 0 Å². The smallest absolute Gasteiger partial charge is 0.234 e. The fraction of sp³-hybridized carbons (Fsp3) is 0.0909. The first-order chi connectivity index (χ1) is 15.0. The van der Waals surface area contributed by atoms with Crippen molar-refractivity contribution in [1.82, 2.24) is 19.7 Å². The van der Waals surface area contributed by atoms with E-state index in [4.69, 9.17) is 23.2 Å². The molecule has 156 valence electrons. The number of hydrogen-bond acceptors (Lipinski definition) is 5. The van der Waals surface area contributed by atoms with Crippen LogP contribution < -0.4 is 5.32 Å². The van der Waals surface area contributed by atoms with E-state index >= 15 is 0 Å². The number of carbonyl (C=O) groups is 1. The van der Waals surface area contributed by atoms with Gasteiger partial charge in [-0.25, -0.2) is 0 Å². The molecule has 0 saturated heterocycles. The van der Waals surface area contributed by atoms with E-state index in [1.54, 1.807) is 30.6 Å². The van der Waals surface area contributed by atoms with Gasteiger partial charge in [0.25, 0.3) is 0 Å². The second kappa shape index (κ2) is 9.51. The number of amides is 1. The summed E-state index contributed by atoms with van der Waals surface area (Å²) < 4.78 is 1.89. The van der Waals surface area contributed by atoms with Gasteiger partial charge in [0.1, 0.15) is 0 Å². The highest BCUT2D eigenvalue weighted by Gasteiger charge is 2.17. The molecule has 31 heavy (non-hydrogen) atoms. The van der Waals surface area contributed by atoms with Gasteiger partial charge >= 0.3 is 0 Å². The zero-order valence-electron chi connectivity index (χ0n) is 16.4. The first-order valence-electron chi connectivity index (χ1n) is 9.32. The molecular weight excluding hydrogens is 453 g/mol. The van der Waals surface area contributed by atoms with Crippen LogP contribution in [0.15, 0.2) is 72.1 Å². The highest BCUT2D eigenvalue weighted by Crippen LogP contribution is 2.29. The number of benzene rings is 2. The summed E-state index contributed by atoms with van der Waals surface area (Å²) in [6, 6.07) is 16.6. The lowest BCUT2D eigenvalue weighted by Gasteiger charge is -2.11. The maximum absolute atomic E-state index is 12.5.